The zero-order chi connectivity index (χ0) is 48.9. The van der Waals surface area contributed by atoms with E-state index >= 15 is 0 Å². The van der Waals surface area contributed by atoms with Crippen molar-refractivity contribution in [1.29, 1.82) is 0 Å². The Balaban J connectivity index is 0.992. The topological polar surface area (TPSA) is 124 Å². The molecule has 0 unspecified atom stereocenters. The fourth-order valence-electron chi connectivity index (χ4n) is 7.53. The monoisotopic (exact) mass is 960 g/mol. The highest BCUT2D eigenvalue weighted by Crippen LogP contribution is 2.31. The number of esters is 4. The van der Waals surface area contributed by atoms with Gasteiger partial charge in [-0.3, -0.25) is 0 Å². The van der Waals surface area contributed by atoms with Gasteiger partial charge in [0.1, 0.15) is 28.7 Å². The number of unbranched alkanes of at least 4 members (excludes halogenated alkanes) is 18. The van der Waals surface area contributed by atoms with E-state index in [1.54, 1.807) is 48.5 Å². The Morgan fingerprint density at radius 2 is 0.609 bits per heavy atom. The molecule has 0 radical (unpaired) electrons. The summed E-state index contributed by atoms with van der Waals surface area (Å²) in [7, 11) is 0. The molecule has 0 aliphatic rings. The quantitative estimate of drug-likeness (QED) is 0.0234. The minimum atomic E-state index is -0.736. The maximum atomic E-state index is 13.1. The summed E-state index contributed by atoms with van der Waals surface area (Å²) in [6, 6.07) is 29.7. The van der Waals surface area contributed by atoms with Crippen LogP contribution >= 0.6 is 11.6 Å². The molecule has 69 heavy (non-hydrogen) atoms. The molecule has 368 valence electrons. The van der Waals surface area contributed by atoms with Crippen molar-refractivity contribution in [2.24, 2.45) is 0 Å². The van der Waals surface area contributed by atoms with Gasteiger partial charge in [0.05, 0.1) is 40.5 Å². The van der Waals surface area contributed by atoms with E-state index in [9.17, 15) is 19.2 Å². The van der Waals surface area contributed by atoms with Crippen molar-refractivity contribution >= 4 is 35.5 Å². The number of hydrogen-bond donors (Lipinski definition) is 0. The van der Waals surface area contributed by atoms with Gasteiger partial charge in [-0.1, -0.05) is 141 Å². The molecule has 0 amide bonds. The lowest BCUT2D eigenvalue weighted by atomic mass is 10.1. The third kappa shape index (κ3) is 20.2. The lowest BCUT2D eigenvalue weighted by Gasteiger charge is -2.10. The molecule has 0 saturated heterocycles. The van der Waals surface area contributed by atoms with Crippen molar-refractivity contribution in [3.8, 4) is 34.5 Å². The molecule has 0 spiro atoms. The Morgan fingerprint density at radius 1 is 0.333 bits per heavy atom. The molecule has 11 heteroatoms. The molecular formula is C58H69ClO10. The Morgan fingerprint density at radius 3 is 0.957 bits per heavy atom. The van der Waals surface area contributed by atoms with Gasteiger partial charge < -0.3 is 28.4 Å². The summed E-state index contributed by atoms with van der Waals surface area (Å²) in [5.74, 6) is -0.622. The summed E-state index contributed by atoms with van der Waals surface area (Å²) in [4.78, 5) is 51.8. The maximum Gasteiger partial charge on any atom is 0.343 e. The number of rotatable bonds is 32. The van der Waals surface area contributed by atoms with Crippen LogP contribution in [0.5, 0.6) is 34.5 Å². The molecule has 10 nitrogen and oxygen atoms in total. The molecule has 0 aliphatic heterocycles. The predicted molar refractivity (Wildman–Crippen MR) is 272 cm³/mol. The molecule has 5 aromatic carbocycles. The van der Waals surface area contributed by atoms with Crippen LogP contribution in [0.4, 0.5) is 0 Å². The average Bonchev–Trinajstić information content (AvgIpc) is 3.36. The van der Waals surface area contributed by atoms with Crippen LogP contribution in [0, 0.1) is 0 Å². The van der Waals surface area contributed by atoms with Crippen LogP contribution in [0.25, 0.3) is 0 Å². The minimum Gasteiger partial charge on any atom is -0.494 e. The van der Waals surface area contributed by atoms with Crippen molar-refractivity contribution in [3.05, 3.63) is 143 Å². The first kappa shape index (κ1) is 53.8. The summed E-state index contributed by atoms with van der Waals surface area (Å²) in [5.41, 5.74) is 1.07. The van der Waals surface area contributed by atoms with Crippen molar-refractivity contribution in [2.45, 2.75) is 142 Å². The summed E-state index contributed by atoms with van der Waals surface area (Å²) < 4.78 is 33.8. The molecule has 0 N–H and O–H groups in total. The zero-order valence-electron chi connectivity index (χ0n) is 40.5. The van der Waals surface area contributed by atoms with Crippen LogP contribution in [-0.2, 0) is 0 Å². The molecule has 5 rings (SSSR count). The van der Waals surface area contributed by atoms with E-state index < -0.39 is 23.9 Å². The molecule has 0 heterocycles. The van der Waals surface area contributed by atoms with E-state index in [0.29, 0.717) is 35.8 Å². The molecule has 0 bridgehead atoms. The van der Waals surface area contributed by atoms with Crippen LogP contribution < -0.4 is 28.4 Å². The van der Waals surface area contributed by atoms with E-state index in [4.69, 9.17) is 40.0 Å². The maximum absolute atomic E-state index is 13.1. The lowest BCUT2D eigenvalue weighted by Crippen LogP contribution is -2.11. The number of hydrogen-bond acceptors (Lipinski definition) is 10. The van der Waals surface area contributed by atoms with Gasteiger partial charge in [0, 0.05) is 6.07 Å². The molecule has 5 aromatic rings. The highest BCUT2D eigenvalue weighted by Gasteiger charge is 2.17. The van der Waals surface area contributed by atoms with Gasteiger partial charge >= 0.3 is 23.9 Å². The second-order valence-electron chi connectivity index (χ2n) is 17.3. The second-order valence-corrected chi connectivity index (χ2v) is 17.7. The Bertz CT molecular complexity index is 2290. The fraction of sp³-hybridized carbons (Fsp3) is 0.414. The molecular weight excluding hydrogens is 892 g/mol. The van der Waals surface area contributed by atoms with Crippen LogP contribution in [0.15, 0.2) is 115 Å². The van der Waals surface area contributed by atoms with Gasteiger partial charge in [-0.05, 0) is 122 Å². The smallest absolute Gasteiger partial charge is 0.343 e. The van der Waals surface area contributed by atoms with Crippen LogP contribution in [0.2, 0.25) is 5.02 Å². The number of carbonyl (C=O) groups is 4. The molecule has 0 atom stereocenters. The van der Waals surface area contributed by atoms with E-state index in [1.165, 1.54) is 169 Å². The summed E-state index contributed by atoms with van der Waals surface area (Å²) in [6.07, 6.45) is 25.2. The second kappa shape index (κ2) is 31.1. The average molecular weight is 962 g/mol. The van der Waals surface area contributed by atoms with Gasteiger partial charge in [0.15, 0.2) is 5.75 Å². The van der Waals surface area contributed by atoms with Gasteiger partial charge in [-0.2, -0.15) is 0 Å². The standard InChI is InChI=1S/C58H69ClO10/c1-3-5-7-9-11-13-15-17-19-21-41-64-48-31-23-44(24-32-48)55(60)66-50-35-27-46(28-36-50)57(62)68-52-39-40-53(59)54(43-52)69-58(63)47-29-37-51(38-30-47)67-56(61)45-25-33-49(34-26-45)65-42-22-20-18-16-14-12-10-8-6-4-2/h23-40,43H,3-22,41-42H2,1-2H3. The third-order valence-electron chi connectivity index (χ3n) is 11.6. The lowest BCUT2D eigenvalue weighted by molar-refractivity contribution is 0.0723. The number of benzene rings is 5. The fourth-order valence-corrected chi connectivity index (χ4v) is 7.69. The first-order valence-corrected chi connectivity index (χ1v) is 25.4. The highest BCUT2D eigenvalue weighted by atomic mass is 35.5. The molecule has 0 aromatic heterocycles. The van der Waals surface area contributed by atoms with E-state index in [2.05, 4.69) is 13.8 Å². The summed E-state index contributed by atoms with van der Waals surface area (Å²) in [5, 5.41) is 0.113. The van der Waals surface area contributed by atoms with Gasteiger partial charge in [0.2, 0.25) is 0 Å². The van der Waals surface area contributed by atoms with Crippen LogP contribution in [0.1, 0.15) is 184 Å². The Labute approximate surface area is 414 Å². The molecule has 0 saturated carbocycles. The van der Waals surface area contributed by atoms with E-state index in [-0.39, 0.29) is 39.1 Å². The van der Waals surface area contributed by atoms with Gasteiger partial charge in [-0.25, -0.2) is 19.2 Å². The van der Waals surface area contributed by atoms with Crippen LogP contribution in [0.3, 0.4) is 0 Å². The van der Waals surface area contributed by atoms with Crippen molar-refractivity contribution in [2.75, 3.05) is 13.2 Å². The summed E-state index contributed by atoms with van der Waals surface area (Å²) in [6.45, 7) is 5.75. The normalized spacial score (nSPS) is 10.9. The highest BCUT2D eigenvalue weighted by molar-refractivity contribution is 6.32. The predicted octanol–water partition coefficient (Wildman–Crippen LogP) is 15.8. The first-order valence-electron chi connectivity index (χ1n) is 25.1. The van der Waals surface area contributed by atoms with Crippen molar-refractivity contribution in [3.63, 3.8) is 0 Å². The van der Waals surface area contributed by atoms with Crippen LogP contribution in [-0.4, -0.2) is 37.1 Å². The first-order chi connectivity index (χ1) is 33.7. The van der Waals surface area contributed by atoms with Crippen molar-refractivity contribution in [1.82, 2.24) is 0 Å². The number of ether oxygens (including phenoxy) is 6. The van der Waals surface area contributed by atoms with Crippen molar-refractivity contribution < 1.29 is 47.6 Å². The minimum absolute atomic E-state index is 0.0330. The molecule has 0 aliphatic carbocycles. The number of halogens is 1. The van der Waals surface area contributed by atoms with E-state index in [1.807, 2.05) is 0 Å². The number of carbonyl (C=O) groups excluding carboxylic acids is 4. The van der Waals surface area contributed by atoms with Gasteiger partial charge in [0.25, 0.3) is 0 Å². The van der Waals surface area contributed by atoms with E-state index in [0.717, 1.165) is 25.7 Å². The Kier molecular flexibility index (Phi) is 24.2. The Hall–Kier alpha value is -6.13. The van der Waals surface area contributed by atoms with Gasteiger partial charge in [-0.15, -0.1) is 0 Å². The SMILES string of the molecule is CCCCCCCCCCCCOc1ccc(C(=O)Oc2ccc(C(=O)Oc3ccc(Cl)c(OC(=O)c4ccc(OC(=O)c5ccc(OCCCCCCCCCCCC)cc5)cc4)c3)cc2)cc1. The largest absolute Gasteiger partial charge is 0.494 e. The molecule has 0 fully saturated rings. The zero-order valence-corrected chi connectivity index (χ0v) is 41.2. The summed E-state index contributed by atoms with van der Waals surface area (Å²) >= 11 is 6.34. The third-order valence-corrected chi connectivity index (χ3v) is 11.9.